The molecule has 1 aromatic rings. The van der Waals surface area contributed by atoms with E-state index in [9.17, 15) is 0 Å². The molecule has 0 saturated heterocycles. The summed E-state index contributed by atoms with van der Waals surface area (Å²) in [7, 11) is 1.71. The van der Waals surface area contributed by atoms with Gasteiger partial charge < -0.3 is 14.6 Å². The smallest absolute Gasteiger partial charge is 0.203 e. The molecular weight excluding hydrogens is 178 g/mol. The minimum Gasteiger partial charge on any atom is -0.380 e. The lowest BCUT2D eigenvalue weighted by atomic mass is 10.4. The number of rotatable bonds is 5. The van der Waals surface area contributed by atoms with Crippen LogP contribution in [0.4, 0.5) is 5.95 Å². The summed E-state index contributed by atoms with van der Waals surface area (Å²) in [5.74, 6) is 0.925. The van der Waals surface area contributed by atoms with Crippen molar-refractivity contribution in [2.45, 2.75) is 33.4 Å². The van der Waals surface area contributed by atoms with E-state index in [2.05, 4.69) is 21.8 Å². The number of aromatic nitrogens is 2. The Bertz CT molecular complexity index is 283. The van der Waals surface area contributed by atoms with Crippen molar-refractivity contribution in [2.75, 3.05) is 19.0 Å². The second kappa shape index (κ2) is 5.00. The number of hydrogen-bond donors (Lipinski definition) is 1. The van der Waals surface area contributed by atoms with Crippen molar-refractivity contribution in [3.05, 3.63) is 11.9 Å². The standard InChI is InChI=1S/C10H19N3O/c1-5-13-7-8(2)12-10(13)11-6-9(3)14-4/h7,9H,5-6H2,1-4H3,(H,11,12). The molecule has 80 valence electrons. The molecule has 14 heavy (non-hydrogen) atoms. The average molecular weight is 197 g/mol. The third-order valence-electron chi connectivity index (χ3n) is 2.19. The first-order chi connectivity index (χ1) is 6.67. The van der Waals surface area contributed by atoms with Crippen LogP contribution < -0.4 is 5.32 Å². The van der Waals surface area contributed by atoms with E-state index in [1.165, 1.54) is 0 Å². The summed E-state index contributed by atoms with van der Waals surface area (Å²) in [4.78, 5) is 4.38. The molecule has 1 rings (SSSR count). The van der Waals surface area contributed by atoms with E-state index in [1.807, 2.05) is 20.0 Å². The first-order valence-corrected chi connectivity index (χ1v) is 4.97. The molecule has 4 nitrogen and oxygen atoms in total. The number of nitrogens with one attached hydrogen (secondary N) is 1. The molecular formula is C10H19N3O. The molecule has 0 aliphatic rings. The van der Waals surface area contributed by atoms with Crippen molar-refractivity contribution in [1.29, 1.82) is 0 Å². The Kier molecular flexibility index (Phi) is 3.95. The van der Waals surface area contributed by atoms with Gasteiger partial charge in [-0.2, -0.15) is 0 Å². The largest absolute Gasteiger partial charge is 0.380 e. The van der Waals surface area contributed by atoms with Gasteiger partial charge in [0.05, 0.1) is 11.8 Å². The van der Waals surface area contributed by atoms with Crippen LogP contribution in [-0.2, 0) is 11.3 Å². The molecule has 0 aliphatic carbocycles. The lowest BCUT2D eigenvalue weighted by Gasteiger charge is -2.11. The fourth-order valence-corrected chi connectivity index (χ4v) is 1.25. The number of anilines is 1. The summed E-state index contributed by atoms with van der Waals surface area (Å²) >= 11 is 0. The molecule has 0 saturated carbocycles. The van der Waals surface area contributed by atoms with Gasteiger partial charge >= 0.3 is 0 Å². The van der Waals surface area contributed by atoms with E-state index in [-0.39, 0.29) is 6.10 Å². The summed E-state index contributed by atoms with van der Waals surface area (Å²) in [5.41, 5.74) is 1.04. The lowest BCUT2D eigenvalue weighted by molar-refractivity contribution is 0.128. The van der Waals surface area contributed by atoms with E-state index >= 15 is 0 Å². The van der Waals surface area contributed by atoms with E-state index < -0.39 is 0 Å². The van der Waals surface area contributed by atoms with Crippen LogP contribution in [-0.4, -0.2) is 29.3 Å². The first-order valence-electron chi connectivity index (χ1n) is 4.97. The molecule has 0 aromatic carbocycles. The molecule has 0 radical (unpaired) electrons. The predicted octanol–water partition coefficient (Wildman–Crippen LogP) is 1.66. The Hall–Kier alpha value is -1.03. The molecule has 1 unspecified atom stereocenters. The molecule has 1 N–H and O–H groups in total. The van der Waals surface area contributed by atoms with Crippen molar-refractivity contribution < 1.29 is 4.74 Å². The van der Waals surface area contributed by atoms with Gasteiger partial charge in [0.1, 0.15) is 0 Å². The van der Waals surface area contributed by atoms with Gasteiger partial charge in [0.2, 0.25) is 5.95 Å². The van der Waals surface area contributed by atoms with Gasteiger partial charge in [0.15, 0.2) is 0 Å². The summed E-state index contributed by atoms with van der Waals surface area (Å²) in [6.07, 6.45) is 2.25. The monoisotopic (exact) mass is 197 g/mol. The van der Waals surface area contributed by atoms with Gasteiger partial charge in [-0.1, -0.05) is 0 Å². The molecule has 0 spiro atoms. The van der Waals surface area contributed by atoms with Gasteiger partial charge in [0.25, 0.3) is 0 Å². The highest BCUT2D eigenvalue weighted by Gasteiger charge is 2.05. The van der Waals surface area contributed by atoms with Gasteiger partial charge in [-0.3, -0.25) is 0 Å². The number of hydrogen-bond acceptors (Lipinski definition) is 3. The highest BCUT2D eigenvalue weighted by Crippen LogP contribution is 2.07. The second-order valence-electron chi connectivity index (χ2n) is 3.42. The topological polar surface area (TPSA) is 39.1 Å². The zero-order valence-corrected chi connectivity index (χ0v) is 9.37. The maximum atomic E-state index is 5.15. The van der Waals surface area contributed by atoms with Crippen molar-refractivity contribution >= 4 is 5.95 Å². The minimum atomic E-state index is 0.206. The highest BCUT2D eigenvalue weighted by molar-refractivity contribution is 5.28. The Morgan fingerprint density at radius 3 is 2.93 bits per heavy atom. The molecule has 1 aromatic heterocycles. The van der Waals surface area contributed by atoms with Crippen LogP contribution in [0.5, 0.6) is 0 Å². The quantitative estimate of drug-likeness (QED) is 0.780. The van der Waals surface area contributed by atoms with E-state index in [4.69, 9.17) is 4.74 Å². The van der Waals surface area contributed by atoms with Crippen LogP contribution in [0.1, 0.15) is 19.5 Å². The summed E-state index contributed by atoms with van der Waals surface area (Å²) in [6, 6.07) is 0. The molecule has 0 fully saturated rings. The highest BCUT2D eigenvalue weighted by atomic mass is 16.5. The Labute approximate surface area is 85.3 Å². The average Bonchev–Trinajstić information content (AvgIpc) is 2.55. The molecule has 0 amide bonds. The van der Waals surface area contributed by atoms with Gasteiger partial charge in [0, 0.05) is 26.4 Å². The fraction of sp³-hybridized carbons (Fsp3) is 0.700. The van der Waals surface area contributed by atoms with Crippen molar-refractivity contribution in [2.24, 2.45) is 0 Å². The minimum absolute atomic E-state index is 0.206. The van der Waals surface area contributed by atoms with Gasteiger partial charge in [-0.25, -0.2) is 4.98 Å². The summed E-state index contributed by atoms with van der Waals surface area (Å²) in [6.45, 7) is 7.85. The van der Waals surface area contributed by atoms with Crippen LogP contribution in [0.3, 0.4) is 0 Å². The Morgan fingerprint density at radius 2 is 2.36 bits per heavy atom. The molecule has 0 bridgehead atoms. The normalized spacial score (nSPS) is 12.9. The van der Waals surface area contributed by atoms with Crippen LogP contribution in [0.25, 0.3) is 0 Å². The number of aryl methyl sites for hydroxylation is 2. The van der Waals surface area contributed by atoms with Crippen LogP contribution in [0, 0.1) is 6.92 Å². The maximum absolute atomic E-state index is 5.15. The van der Waals surface area contributed by atoms with Gasteiger partial charge in [-0.15, -0.1) is 0 Å². The Balaban J connectivity index is 2.57. The van der Waals surface area contributed by atoms with E-state index in [0.29, 0.717) is 0 Å². The van der Waals surface area contributed by atoms with E-state index in [1.54, 1.807) is 7.11 Å². The van der Waals surface area contributed by atoms with Crippen LogP contribution >= 0.6 is 0 Å². The predicted molar refractivity (Wildman–Crippen MR) is 57.6 cm³/mol. The summed E-state index contributed by atoms with van der Waals surface area (Å²) < 4.78 is 7.25. The molecule has 0 aliphatic heterocycles. The lowest BCUT2D eigenvalue weighted by Crippen LogP contribution is -2.20. The van der Waals surface area contributed by atoms with Crippen molar-refractivity contribution in [1.82, 2.24) is 9.55 Å². The second-order valence-corrected chi connectivity index (χ2v) is 3.42. The number of methoxy groups -OCH3 is 1. The Morgan fingerprint density at radius 1 is 1.64 bits per heavy atom. The van der Waals surface area contributed by atoms with Crippen molar-refractivity contribution in [3.8, 4) is 0 Å². The van der Waals surface area contributed by atoms with Crippen LogP contribution in [0.2, 0.25) is 0 Å². The summed E-state index contributed by atoms with van der Waals surface area (Å²) in [5, 5.41) is 3.26. The first kappa shape index (κ1) is 11.0. The maximum Gasteiger partial charge on any atom is 0.203 e. The number of ether oxygens (including phenoxy) is 1. The third-order valence-corrected chi connectivity index (χ3v) is 2.19. The van der Waals surface area contributed by atoms with E-state index in [0.717, 1.165) is 24.7 Å². The number of nitrogens with zero attached hydrogens (tertiary/aromatic N) is 2. The molecule has 4 heteroatoms. The SMILES string of the molecule is CCn1cc(C)nc1NCC(C)OC. The van der Waals surface area contributed by atoms with Gasteiger partial charge in [-0.05, 0) is 20.8 Å². The number of imidazole rings is 1. The molecule has 1 heterocycles. The fourth-order valence-electron chi connectivity index (χ4n) is 1.25. The molecule has 1 atom stereocenters. The third kappa shape index (κ3) is 2.73. The van der Waals surface area contributed by atoms with Crippen molar-refractivity contribution in [3.63, 3.8) is 0 Å². The zero-order valence-electron chi connectivity index (χ0n) is 9.37. The zero-order chi connectivity index (χ0) is 10.6. The van der Waals surface area contributed by atoms with Crippen LogP contribution in [0.15, 0.2) is 6.20 Å².